The Morgan fingerprint density at radius 3 is 2.52 bits per heavy atom. The summed E-state index contributed by atoms with van der Waals surface area (Å²) in [6, 6.07) is 6.30. The molecule has 1 amide bonds. The number of nitrogens with one attached hydrogen (secondary N) is 1. The van der Waals surface area contributed by atoms with E-state index in [1.54, 1.807) is 45.6 Å². The van der Waals surface area contributed by atoms with Gasteiger partial charge in [-0.3, -0.25) is 9.69 Å². The minimum absolute atomic E-state index is 0.0742. The lowest BCUT2D eigenvalue weighted by Gasteiger charge is -2.70. The fourth-order valence-corrected chi connectivity index (χ4v) is 12.0. The number of esters is 1. The lowest BCUT2D eigenvalue weighted by Crippen LogP contribution is -2.82. The Morgan fingerprint density at radius 2 is 1.86 bits per heavy atom. The van der Waals surface area contributed by atoms with Crippen molar-refractivity contribution in [1.29, 1.82) is 0 Å². The maximum absolute atomic E-state index is 13.6. The molecule has 1 aliphatic heterocycles. The molecule has 7 bridgehead atoms. The molecule has 1 saturated heterocycles. The number of carbonyl (C=O) groups is 2. The largest absolute Gasteiger partial charge is 0.461 e. The van der Waals surface area contributed by atoms with Crippen LogP contribution in [0.5, 0.6) is 0 Å². The van der Waals surface area contributed by atoms with Gasteiger partial charge >= 0.3 is 5.97 Å². The van der Waals surface area contributed by atoms with Crippen LogP contribution in [0.1, 0.15) is 49.9 Å². The topological polar surface area (TPSA) is 147 Å². The Labute approximate surface area is 258 Å². The zero-order valence-electron chi connectivity index (χ0n) is 26.2. The number of hydrogen-bond donors (Lipinski definition) is 4. The number of fused-ring (bicyclic) bond motifs is 2. The van der Waals surface area contributed by atoms with Crippen LogP contribution in [-0.2, 0) is 23.7 Å². The molecule has 242 valence electrons. The molecule has 1 aromatic rings. The molecule has 1 aromatic carbocycles. The highest BCUT2D eigenvalue weighted by atomic mass is 16.5. The van der Waals surface area contributed by atoms with Crippen molar-refractivity contribution in [3.05, 3.63) is 29.8 Å². The number of nitrogens with zero attached hydrogens (tertiary/aromatic N) is 1. The van der Waals surface area contributed by atoms with Crippen LogP contribution in [0.3, 0.4) is 0 Å². The molecule has 5 saturated carbocycles. The summed E-state index contributed by atoms with van der Waals surface area (Å²) in [7, 11) is 4.91. The van der Waals surface area contributed by atoms with Crippen LogP contribution in [0.4, 0.5) is 5.69 Å². The van der Waals surface area contributed by atoms with Crippen molar-refractivity contribution < 1.29 is 43.9 Å². The second-order valence-electron chi connectivity index (χ2n) is 14.3. The van der Waals surface area contributed by atoms with Gasteiger partial charge in [-0.1, -0.05) is 19.1 Å². The van der Waals surface area contributed by atoms with Gasteiger partial charge in [-0.05, 0) is 43.9 Å². The lowest BCUT2D eigenvalue weighted by molar-refractivity contribution is -0.318. The van der Waals surface area contributed by atoms with Crippen molar-refractivity contribution in [2.24, 2.45) is 34.5 Å². The Balaban J connectivity index is 1.36. The van der Waals surface area contributed by atoms with E-state index in [0.717, 1.165) is 0 Å². The van der Waals surface area contributed by atoms with E-state index < -0.39 is 58.3 Å². The normalized spacial score (nSPS) is 48.2. The standard InChI is InChI=1S/C33H46N2O9/c1-6-35-15-30(16-44-28(38)18-9-7-8-10-21(18)34-17(2)36)12-11-23(42-4)32-20-13-19-22(41-3)14-31(39,24(20)25(19)37)33(40,29(32)35)27(43-5)26(30)32/h7-10,19-20,22-27,29,37,39-40H,6,11-16H2,1-5H3,(H,34,36)/t19-,20+,22+,23?,24-,25+,26-,27+,29?,30+,31-,32?,33?/m1/s1. The zero-order chi connectivity index (χ0) is 31.4. The fourth-order valence-electron chi connectivity index (χ4n) is 12.0. The molecule has 6 aliphatic rings. The van der Waals surface area contributed by atoms with Crippen molar-refractivity contribution in [3.8, 4) is 0 Å². The second kappa shape index (κ2) is 10.2. The Bertz CT molecular complexity index is 1340. The number of benzene rings is 1. The highest BCUT2D eigenvalue weighted by molar-refractivity contribution is 6.00. The van der Waals surface area contributed by atoms with Crippen LogP contribution in [0.2, 0.25) is 0 Å². The zero-order valence-corrected chi connectivity index (χ0v) is 26.2. The first-order valence-electron chi connectivity index (χ1n) is 16.0. The van der Waals surface area contributed by atoms with Gasteiger partial charge in [-0.15, -0.1) is 0 Å². The van der Waals surface area contributed by atoms with E-state index in [-0.39, 0.29) is 48.4 Å². The number of ether oxygens (including phenoxy) is 4. The summed E-state index contributed by atoms with van der Waals surface area (Å²) in [5, 5.41) is 40.6. The monoisotopic (exact) mass is 614 g/mol. The summed E-state index contributed by atoms with van der Waals surface area (Å²) in [4.78, 5) is 27.7. The summed E-state index contributed by atoms with van der Waals surface area (Å²) in [6.45, 7) is 4.67. The number of piperidine rings is 1. The van der Waals surface area contributed by atoms with Crippen molar-refractivity contribution >= 4 is 17.6 Å². The molecule has 1 heterocycles. The number of methoxy groups -OCH3 is 3. The summed E-state index contributed by atoms with van der Waals surface area (Å²) >= 11 is 0. The summed E-state index contributed by atoms with van der Waals surface area (Å²) in [5.74, 6) is -2.05. The van der Waals surface area contributed by atoms with Crippen LogP contribution < -0.4 is 5.32 Å². The van der Waals surface area contributed by atoms with E-state index >= 15 is 0 Å². The Hall–Kier alpha value is -2.12. The smallest absolute Gasteiger partial charge is 0.340 e. The number of hydrogen-bond acceptors (Lipinski definition) is 10. The fraction of sp³-hybridized carbons (Fsp3) is 0.758. The average molecular weight is 615 g/mol. The minimum Gasteiger partial charge on any atom is -0.461 e. The SMILES string of the molecule is CCN1C[C@]2(COC(=O)c3ccccc3NC(C)=O)CCC(OC)C34C1C(O)([C@@H](OC)[C@@H]32)[C@@]1(O)C[C@H](OC)[C@H]2C[C@H]4[C@@H]1[C@H]2O. The van der Waals surface area contributed by atoms with Crippen molar-refractivity contribution in [3.63, 3.8) is 0 Å². The summed E-state index contributed by atoms with van der Waals surface area (Å²) in [5.41, 5.74) is -4.04. The average Bonchev–Trinajstić information content (AvgIpc) is 3.37. The first-order valence-corrected chi connectivity index (χ1v) is 16.0. The van der Waals surface area contributed by atoms with E-state index in [4.69, 9.17) is 18.9 Å². The van der Waals surface area contributed by atoms with Crippen LogP contribution in [0.25, 0.3) is 0 Å². The molecule has 1 spiro atoms. The number of aliphatic hydroxyl groups is 3. The van der Waals surface area contributed by atoms with Gasteiger partial charge in [0.15, 0.2) is 0 Å². The molecule has 0 aromatic heterocycles. The lowest BCUT2D eigenvalue weighted by atomic mass is 9.42. The van der Waals surface area contributed by atoms with E-state index in [2.05, 4.69) is 17.1 Å². The molecular formula is C33H46N2O9. The van der Waals surface area contributed by atoms with Gasteiger partial charge in [0.1, 0.15) is 11.2 Å². The molecule has 11 heteroatoms. The molecule has 0 radical (unpaired) electrons. The highest BCUT2D eigenvalue weighted by Crippen LogP contribution is 2.80. The number of para-hydroxylation sites is 1. The number of anilines is 1. The molecule has 44 heavy (non-hydrogen) atoms. The van der Waals surface area contributed by atoms with Gasteiger partial charge in [-0.25, -0.2) is 4.79 Å². The second-order valence-corrected chi connectivity index (χ2v) is 14.3. The van der Waals surface area contributed by atoms with Gasteiger partial charge in [0.25, 0.3) is 0 Å². The number of likely N-dealkylation sites (tertiary alicyclic amines) is 1. The molecule has 5 aliphatic carbocycles. The predicted octanol–water partition coefficient (Wildman–Crippen LogP) is 1.44. The summed E-state index contributed by atoms with van der Waals surface area (Å²) in [6.07, 6.45) is -0.0977. The van der Waals surface area contributed by atoms with Gasteiger partial charge < -0.3 is 39.6 Å². The van der Waals surface area contributed by atoms with Gasteiger partial charge in [0.05, 0.1) is 48.3 Å². The number of rotatable bonds is 8. The molecule has 7 rings (SSSR count). The number of aliphatic hydroxyl groups excluding tert-OH is 1. The molecule has 13 atom stereocenters. The first kappa shape index (κ1) is 30.5. The number of likely N-dealkylation sites (N-methyl/N-ethyl adjacent to an activating group) is 1. The van der Waals surface area contributed by atoms with E-state index in [0.29, 0.717) is 38.0 Å². The Kier molecular flexibility index (Phi) is 7.07. The number of carbonyl (C=O) groups excluding carboxylic acids is 2. The van der Waals surface area contributed by atoms with Crippen molar-refractivity contribution in [1.82, 2.24) is 4.90 Å². The number of amides is 1. The van der Waals surface area contributed by atoms with Crippen LogP contribution >= 0.6 is 0 Å². The maximum atomic E-state index is 13.6. The van der Waals surface area contributed by atoms with Gasteiger partial charge in [0, 0.05) is 69.8 Å². The Morgan fingerprint density at radius 1 is 1.11 bits per heavy atom. The first-order chi connectivity index (χ1) is 21.0. The molecule has 6 fully saturated rings. The minimum atomic E-state index is -1.73. The third-order valence-corrected chi connectivity index (χ3v) is 13.0. The van der Waals surface area contributed by atoms with Crippen LogP contribution in [0.15, 0.2) is 24.3 Å². The third-order valence-electron chi connectivity index (χ3n) is 13.0. The van der Waals surface area contributed by atoms with E-state index in [9.17, 15) is 24.9 Å². The van der Waals surface area contributed by atoms with Gasteiger partial charge in [0.2, 0.25) is 5.91 Å². The quantitative estimate of drug-likeness (QED) is 0.317. The van der Waals surface area contributed by atoms with Gasteiger partial charge in [-0.2, -0.15) is 0 Å². The summed E-state index contributed by atoms with van der Waals surface area (Å²) < 4.78 is 24.7. The maximum Gasteiger partial charge on any atom is 0.340 e. The predicted molar refractivity (Wildman–Crippen MR) is 158 cm³/mol. The molecular weight excluding hydrogens is 568 g/mol. The molecule has 11 nitrogen and oxygen atoms in total. The van der Waals surface area contributed by atoms with Crippen molar-refractivity contribution in [2.45, 2.75) is 81.2 Å². The highest BCUT2D eigenvalue weighted by Gasteiger charge is 2.91. The molecule has 4 unspecified atom stereocenters. The van der Waals surface area contributed by atoms with Crippen molar-refractivity contribution in [2.75, 3.05) is 46.3 Å². The third kappa shape index (κ3) is 3.47. The van der Waals surface area contributed by atoms with Crippen LogP contribution in [-0.4, -0.2) is 115 Å². The van der Waals surface area contributed by atoms with E-state index in [1.165, 1.54) is 6.92 Å². The van der Waals surface area contributed by atoms with E-state index in [1.807, 2.05) is 0 Å². The van der Waals surface area contributed by atoms with Crippen LogP contribution in [0, 0.1) is 34.5 Å². The molecule has 4 N–H and O–H groups in total.